The first-order valence-electron chi connectivity index (χ1n) is 8.33. The first-order valence-corrected chi connectivity index (χ1v) is 8.70. The number of carbonyl (C=O) groups excluding carboxylic acids is 2. The van der Waals surface area contributed by atoms with Crippen LogP contribution in [-0.2, 0) is 4.79 Å². The Labute approximate surface area is 151 Å². The van der Waals surface area contributed by atoms with Crippen LogP contribution in [0.15, 0.2) is 18.2 Å². The Hall–Kier alpha value is -2.28. The van der Waals surface area contributed by atoms with Crippen molar-refractivity contribution in [2.45, 2.75) is 44.6 Å². The van der Waals surface area contributed by atoms with Crippen LogP contribution in [0, 0.1) is 0 Å². The van der Waals surface area contributed by atoms with Crippen LogP contribution in [0.25, 0.3) is 0 Å². The highest BCUT2D eigenvalue weighted by Crippen LogP contribution is 2.22. The third kappa shape index (κ3) is 6.26. The SMILES string of the molecule is O=C(O)CCNC(=O)Nc1ccc(Cl)c(C(=O)NC2CCCCC2)c1. The van der Waals surface area contributed by atoms with E-state index in [4.69, 9.17) is 16.7 Å². The minimum Gasteiger partial charge on any atom is -0.481 e. The monoisotopic (exact) mass is 367 g/mol. The zero-order valence-electron chi connectivity index (χ0n) is 13.8. The van der Waals surface area contributed by atoms with Crippen molar-refractivity contribution in [3.05, 3.63) is 28.8 Å². The summed E-state index contributed by atoms with van der Waals surface area (Å²) >= 11 is 6.11. The van der Waals surface area contributed by atoms with Gasteiger partial charge in [0.15, 0.2) is 0 Å². The standard InChI is InChI=1S/C17H22ClN3O4/c18-14-7-6-12(21-17(25)19-9-8-15(22)23)10-13(14)16(24)20-11-4-2-1-3-5-11/h6-7,10-11H,1-5,8-9H2,(H,20,24)(H,22,23)(H2,19,21,25). The van der Waals surface area contributed by atoms with Crippen molar-refractivity contribution in [2.75, 3.05) is 11.9 Å². The molecule has 8 heteroatoms. The first kappa shape index (κ1) is 19.1. The summed E-state index contributed by atoms with van der Waals surface area (Å²) in [7, 11) is 0. The number of hydrogen-bond acceptors (Lipinski definition) is 3. The van der Waals surface area contributed by atoms with Gasteiger partial charge in [-0.3, -0.25) is 9.59 Å². The van der Waals surface area contributed by atoms with Crippen LogP contribution >= 0.6 is 11.6 Å². The number of amides is 3. The van der Waals surface area contributed by atoms with Crippen LogP contribution in [0.1, 0.15) is 48.9 Å². The van der Waals surface area contributed by atoms with Gasteiger partial charge in [-0.2, -0.15) is 0 Å². The van der Waals surface area contributed by atoms with Crippen LogP contribution in [0.3, 0.4) is 0 Å². The lowest BCUT2D eigenvalue weighted by atomic mass is 9.95. The van der Waals surface area contributed by atoms with Gasteiger partial charge in [-0.05, 0) is 31.0 Å². The van der Waals surface area contributed by atoms with E-state index in [9.17, 15) is 14.4 Å². The molecule has 136 valence electrons. The van der Waals surface area contributed by atoms with Gasteiger partial charge in [-0.15, -0.1) is 0 Å². The topological polar surface area (TPSA) is 108 Å². The Morgan fingerprint density at radius 2 is 1.88 bits per heavy atom. The maximum absolute atomic E-state index is 12.4. The number of anilines is 1. The highest BCUT2D eigenvalue weighted by atomic mass is 35.5. The number of nitrogens with one attached hydrogen (secondary N) is 3. The predicted octanol–water partition coefficient (Wildman–Crippen LogP) is 3.00. The molecule has 0 aliphatic heterocycles. The molecule has 25 heavy (non-hydrogen) atoms. The molecule has 1 saturated carbocycles. The molecule has 1 aliphatic rings. The molecule has 0 atom stereocenters. The molecule has 1 aromatic carbocycles. The Bertz CT molecular complexity index is 645. The molecule has 1 fully saturated rings. The maximum Gasteiger partial charge on any atom is 0.319 e. The number of benzene rings is 1. The predicted molar refractivity (Wildman–Crippen MR) is 95.1 cm³/mol. The average molecular weight is 368 g/mol. The number of halogens is 1. The van der Waals surface area contributed by atoms with Gasteiger partial charge in [0.1, 0.15) is 0 Å². The molecule has 0 radical (unpaired) electrons. The number of carboxylic acids is 1. The third-order valence-corrected chi connectivity index (χ3v) is 4.36. The molecule has 0 spiro atoms. The number of rotatable bonds is 6. The highest BCUT2D eigenvalue weighted by molar-refractivity contribution is 6.34. The molecular formula is C17H22ClN3O4. The minimum absolute atomic E-state index is 0.0176. The van der Waals surface area contributed by atoms with Crippen molar-refractivity contribution in [3.63, 3.8) is 0 Å². The number of hydrogen-bond donors (Lipinski definition) is 4. The molecule has 0 unspecified atom stereocenters. The second-order valence-electron chi connectivity index (χ2n) is 6.03. The molecule has 1 aliphatic carbocycles. The number of urea groups is 1. The highest BCUT2D eigenvalue weighted by Gasteiger charge is 2.19. The lowest BCUT2D eigenvalue weighted by Crippen LogP contribution is -2.36. The molecule has 0 aromatic heterocycles. The van der Waals surface area contributed by atoms with E-state index in [1.54, 1.807) is 12.1 Å². The molecule has 1 aromatic rings. The molecule has 4 N–H and O–H groups in total. The van der Waals surface area contributed by atoms with Crippen molar-refractivity contribution in [1.29, 1.82) is 0 Å². The van der Waals surface area contributed by atoms with E-state index in [-0.39, 0.29) is 24.9 Å². The lowest BCUT2D eigenvalue weighted by molar-refractivity contribution is -0.136. The molecule has 0 heterocycles. The molecule has 0 bridgehead atoms. The zero-order valence-corrected chi connectivity index (χ0v) is 14.6. The largest absolute Gasteiger partial charge is 0.481 e. The summed E-state index contributed by atoms with van der Waals surface area (Å²) < 4.78 is 0. The first-order chi connectivity index (χ1) is 12.0. The van der Waals surface area contributed by atoms with Gasteiger partial charge in [0, 0.05) is 18.3 Å². The van der Waals surface area contributed by atoms with Crippen molar-refractivity contribution < 1.29 is 19.5 Å². The van der Waals surface area contributed by atoms with Gasteiger partial charge >= 0.3 is 12.0 Å². The van der Waals surface area contributed by atoms with Gasteiger partial charge in [0.25, 0.3) is 5.91 Å². The van der Waals surface area contributed by atoms with Gasteiger partial charge in [-0.25, -0.2) is 4.79 Å². The van der Waals surface area contributed by atoms with E-state index in [1.807, 2.05) is 0 Å². The minimum atomic E-state index is -0.992. The molecule has 0 saturated heterocycles. The summed E-state index contributed by atoms with van der Waals surface area (Å²) in [6, 6.07) is 4.26. The summed E-state index contributed by atoms with van der Waals surface area (Å²) in [6.45, 7) is 0.0176. The van der Waals surface area contributed by atoms with Gasteiger partial charge in [-0.1, -0.05) is 30.9 Å². The molecule has 7 nitrogen and oxygen atoms in total. The molecule has 3 amide bonds. The van der Waals surface area contributed by atoms with Crippen LogP contribution in [0.2, 0.25) is 5.02 Å². The van der Waals surface area contributed by atoms with Crippen molar-refractivity contribution in [3.8, 4) is 0 Å². The fraction of sp³-hybridized carbons (Fsp3) is 0.471. The zero-order chi connectivity index (χ0) is 18.2. The van der Waals surface area contributed by atoms with E-state index in [1.165, 1.54) is 12.5 Å². The normalized spacial score (nSPS) is 14.6. The second-order valence-corrected chi connectivity index (χ2v) is 6.43. The fourth-order valence-corrected chi connectivity index (χ4v) is 2.95. The summed E-state index contributed by atoms with van der Waals surface area (Å²) in [5.74, 6) is -1.25. The summed E-state index contributed by atoms with van der Waals surface area (Å²) in [5.41, 5.74) is 0.710. The van der Waals surface area contributed by atoms with Crippen molar-refractivity contribution >= 4 is 35.2 Å². The van der Waals surface area contributed by atoms with Crippen molar-refractivity contribution in [2.24, 2.45) is 0 Å². The number of carboxylic acid groups (broad SMARTS) is 1. The second kappa shape index (κ2) is 9.27. The number of carbonyl (C=O) groups is 3. The van der Waals surface area contributed by atoms with Gasteiger partial charge in [0.2, 0.25) is 0 Å². The lowest BCUT2D eigenvalue weighted by Gasteiger charge is -2.23. The van der Waals surface area contributed by atoms with E-state index >= 15 is 0 Å². The fourth-order valence-electron chi connectivity index (χ4n) is 2.75. The van der Waals surface area contributed by atoms with E-state index < -0.39 is 12.0 Å². The Morgan fingerprint density at radius 3 is 2.56 bits per heavy atom. The van der Waals surface area contributed by atoms with Crippen molar-refractivity contribution in [1.82, 2.24) is 10.6 Å². The van der Waals surface area contributed by atoms with Crippen LogP contribution in [-0.4, -0.2) is 35.6 Å². The van der Waals surface area contributed by atoms with E-state index in [0.717, 1.165) is 25.7 Å². The van der Waals surface area contributed by atoms with E-state index in [2.05, 4.69) is 16.0 Å². The van der Waals surface area contributed by atoms with Crippen LogP contribution < -0.4 is 16.0 Å². The van der Waals surface area contributed by atoms with Gasteiger partial charge in [0.05, 0.1) is 17.0 Å². The maximum atomic E-state index is 12.4. The molecule has 2 rings (SSSR count). The summed E-state index contributed by atoms with van der Waals surface area (Å²) in [5, 5.41) is 16.8. The Kier molecular flexibility index (Phi) is 7.06. The number of aliphatic carboxylic acids is 1. The van der Waals surface area contributed by atoms with Crippen LogP contribution in [0.5, 0.6) is 0 Å². The molecular weight excluding hydrogens is 346 g/mol. The Morgan fingerprint density at radius 1 is 1.16 bits per heavy atom. The van der Waals surface area contributed by atoms with Gasteiger partial charge < -0.3 is 21.1 Å². The quantitative estimate of drug-likeness (QED) is 0.619. The Balaban J connectivity index is 1.95. The van der Waals surface area contributed by atoms with Crippen LogP contribution in [0.4, 0.5) is 10.5 Å². The van der Waals surface area contributed by atoms with E-state index in [0.29, 0.717) is 16.3 Å². The summed E-state index contributed by atoms with van der Waals surface area (Å²) in [4.78, 5) is 34.6. The summed E-state index contributed by atoms with van der Waals surface area (Å²) in [6.07, 6.45) is 5.18. The third-order valence-electron chi connectivity index (χ3n) is 4.03. The average Bonchev–Trinajstić information content (AvgIpc) is 2.57. The smallest absolute Gasteiger partial charge is 0.319 e.